The molecular formula is C22H23N3O4. The van der Waals surface area contributed by atoms with Gasteiger partial charge in [-0.15, -0.1) is 0 Å². The number of rotatable bonds is 8. The molecule has 0 unspecified atom stereocenters. The summed E-state index contributed by atoms with van der Waals surface area (Å²) in [6, 6.07) is 14.5. The van der Waals surface area contributed by atoms with Crippen LogP contribution in [-0.4, -0.2) is 31.7 Å². The average molecular weight is 393 g/mol. The number of nitrogens with one attached hydrogen (secondary N) is 2. The number of pyridine rings is 1. The Morgan fingerprint density at radius 1 is 0.931 bits per heavy atom. The molecule has 0 aliphatic heterocycles. The summed E-state index contributed by atoms with van der Waals surface area (Å²) in [4.78, 5) is 16.8. The van der Waals surface area contributed by atoms with Gasteiger partial charge in [-0.25, -0.2) is 0 Å². The molecule has 0 atom stereocenters. The van der Waals surface area contributed by atoms with Gasteiger partial charge in [-0.3, -0.25) is 9.78 Å². The molecule has 0 saturated heterocycles. The van der Waals surface area contributed by atoms with Crippen LogP contribution in [0.1, 0.15) is 17.3 Å². The number of para-hydroxylation sites is 2. The van der Waals surface area contributed by atoms with E-state index in [0.717, 1.165) is 11.4 Å². The number of ether oxygens (including phenoxy) is 3. The van der Waals surface area contributed by atoms with Crippen molar-refractivity contribution in [1.29, 1.82) is 0 Å². The molecule has 0 radical (unpaired) electrons. The Kier molecular flexibility index (Phi) is 6.52. The SMILES string of the molecule is CCOc1ccccc1Nc1cncc(C(=O)Nc2ccc(OC)c(OC)c2)c1. The Morgan fingerprint density at radius 2 is 1.72 bits per heavy atom. The van der Waals surface area contributed by atoms with Crippen LogP contribution in [0.3, 0.4) is 0 Å². The molecule has 0 fully saturated rings. The topological polar surface area (TPSA) is 81.7 Å². The highest BCUT2D eigenvalue weighted by Gasteiger charge is 2.11. The molecule has 1 amide bonds. The van der Waals surface area contributed by atoms with Crippen LogP contribution in [0, 0.1) is 0 Å². The second kappa shape index (κ2) is 9.45. The molecule has 0 bridgehead atoms. The Balaban J connectivity index is 1.76. The summed E-state index contributed by atoms with van der Waals surface area (Å²) in [5.41, 5.74) is 2.48. The highest BCUT2D eigenvalue weighted by atomic mass is 16.5. The zero-order valence-electron chi connectivity index (χ0n) is 16.6. The predicted molar refractivity (Wildman–Crippen MR) is 113 cm³/mol. The third kappa shape index (κ3) is 4.95. The van der Waals surface area contributed by atoms with Crippen molar-refractivity contribution in [3.8, 4) is 17.2 Å². The van der Waals surface area contributed by atoms with Gasteiger partial charge in [0.15, 0.2) is 11.5 Å². The minimum atomic E-state index is -0.286. The maximum atomic E-state index is 12.7. The van der Waals surface area contributed by atoms with Crippen molar-refractivity contribution in [2.75, 3.05) is 31.5 Å². The van der Waals surface area contributed by atoms with Gasteiger partial charge in [0.2, 0.25) is 0 Å². The quantitative estimate of drug-likeness (QED) is 0.587. The predicted octanol–water partition coefficient (Wildman–Crippen LogP) is 4.49. The van der Waals surface area contributed by atoms with Crippen LogP contribution >= 0.6 is 0 Å². The average Bonchev–Trinajstić information content (AvgIpc) is 2.75. The fraction of sp³-hybridized carbons (Fsp3) is 0.182. The van der Waals surface area contributed by atoms with Gasteiger partial charge in [-0.2, -0.15) is 0 Å². The van der Waals surface area contributed by atoms with Crippen molar-refractivity contribution < 1.29 is 19.0 Å². The third-order valence-electron chi connectivity index (χ3n) is 4.11. The standard InChI is InChI=1S/C22H23N3O4/c1-4-29-19-8-6-5-7-18(19)24-17-11-15(13-23-14-17)22(26)25-16-9-10-20(27-2)21(12-16)28-3/h5-14,24H,4H2,1-3H3,(H,25,26). The van der Waals surface area contributed by atoms with E-state index in [1.807, 2.05) is 31.2 Å². The number of hydrogen-bond acceptors (Lipinski definition) is 6. The molecule has 29 heavy (non-hydrogen) atoms. The van der Waals surface area contributed by atoms with Crippen molar-refractivity contribution in [2.45, 2.75) is 6.92 Å². The molecule has 7 nitrogen and oxygen atoms in total. The number of amides is 1. The molecule has 3 rings (SSSR count). The summed E-state index contributed by atoms with van der Waals surface area (Å²) in [6.45, 7) is 2.49. The molecule has 1 heterocycles. The second-order valence-corrected chi connectivity index (χ2v) is 6.04. The number of benzene rings is 2. The molecule has 7 heteroatoms. The van der Waals surface area contributed by atoms with E-state index in [1.165, 1.54) is 6.20 Å². The Hall–Kier alpha value is -3.74. The lowest BCUT2D eigenvalue weighted by molar-refractivity contribution is 0.102. The summed E-state index contributed by atoms with van der Waals surface area (Å²) in [6.07, 6.45) is 3.16. The number of anilines is 3. The smallest absolute Gasteiger partial charge is 0.257 e. The molecule has 1 aromatic heterocycles. The molecule has 0 spiro atoms. The van der Waals surface area contributed by atoms with Gasteiger partial charge in [-0.1, -0.05) is 12.1 Å². The van der Waals surface area contributed by atoms with Crippen LogP contribution < -0.4 is 24.8 Å². The van der Waals surface area contributed by atoms with Crippen LogP contribution in [0.25, 0.3) is 0 Å². The fourth-order valence-electron chi connectivity index (χ4n) is 2.76. The van der Waals surface area contributed by atoms with Gasteiger partial charge in [0.1, 0.15) is 5.75 Å². The minimum Gasteiger partial charge on any atom is -0.493 e. The Bertz CT molecular complexity index is 991. The summed E-state index contributed by atoms with van der Waals surface area (Å²) >= 11 is 0. The van der Waals surface area contributed by atoms with E-state index in [-0.39, 0.29) is 5.91 Å². The van der Waals surface area contributed by atoms with E-state index in [9.17, 15) is 4.79 Å². The van der Waals surface area contributed by atoms with E-state index in [1.54, 1.807) is 44.7 Å². The highest BCUT2D eigenvalue weighted by Crippen LogP contribution is 2.30. The van der Waals surface area contributed by atoms with Crippen LogP contribution in [0.4, 0.5) is 17.1 Å². The number of carbonyl (C=O) groups is 1. The maximum absolute atomic E-state index is 12.7. The van der Waals surface area contributed by atoms with E-state index < -0.39 is 0 Å². The Morgan fingerprint density at radius 3 is 2.48 bits per heavy atom. The second-order valence-electron chi connectivity index (χ2n) is 6.04. The van der Waals surface area contributed by atoms with Crippen LogP contribution in [0.15, 0.2) is 60.9 Å². The van der Waals surface area contributed by atoms with Gasteiger partial charge in [0.05, 0.1) is 44.0 Å². The largest absolute Gasteiger partial charge is 0.493 e. The van der Waals surface area contributed by atoms with Gasteiger partial charge in [0.25, 0.3) is 5.91 Å². The summed E-state index contributed by atoms with van der Waals surface area (Å²) < 4.78 is 16.1. The number of aromatic nitrogens is 1. The lowest BCUT2D eigenvalue weighted by Gasteiger charge is -2.13. The first-order chi connectivity index (χ1) is 14.1. The van der Waals surface area contributed by atoms with Crippen molar-refractivity contribution in [2.24, 2.45) is 0 Å². The van der Waals surface area contributed by atoms with Gasteiger partial charge in [-0.05, 0) is 37.3 Å². The van der Waals surface area contributed by atoms with Crippen LogP contribution in [0.2, 0.25) is 0 Å². The van der Waals surface area contributed by atoms with Crippen LogP contribution in [-0.2, 0) is 0 Å². The first-order valence-corrected chi connectivity index (χ1v) is 9.12. The lowest BCUT2D eigenvalue weighted by Crippen LogP contribution is -2.12. The van der Waals surface area contributed by atoms with Gasteiger partial charge < -0.3 is 24.8 Å². The van der Waals surface area contributed by atoms with E-state index in [0.29, 0.717) is 35.0 Å². The number of hydrogen-bond donors (Lipinski definition) is 2. The molecular weight excluding hydrogens is 370 g/mol. The summed E-state index contributed by atoms with van der Waals surface area (Å²) in [5.74, 6) is 1.57. The summed E-state index contributed by atoms with van der Waals surface area (Å²) in [5, 5.41) is 6.09. The van der Waals surface area contributed by atoms with E-state index in [4.69, 9.17) is 14.2 Å². The number of carbonyl (C=O) groups excluding carboxylic acids is 1. The van der Waals surface area contributed by atoms with Crippen molar-refractivity contribution >= 4 is 23.0 Å². The first-order valence-electron chi connectivity index (χ1n) is 9.12. The van der Waals surface area contributed by atoms with Gasteiger partial charge in [0, 0.05) is 18.0 Å². The Labute approximate surface area is 169 Å². The zero-order valence-corrected chi connectivity index (χ0v) is 16.6. The molecule has 0 aliphatic rings. The van der Waals surface area contributed by atoms with Crippen molar-refractivity contribution in [3.05, 3.63) is 66.5 Å². The highest BCUT2D eigenvalue weighted by molar-refractivity contribution is 6.04. The lowest BCUT2D eigenvalue weighted by atomic mass is 10.2. The van der Waals surface area contributed by atoms with E-state index >= 15 is 0 Å². The number of nitrogens with zero attached hydrogens (tertiary/aromatic N) is 1. The zero-order chi connectivity index (χ0) is 20.6. The molecule has 0 saturated carbocycles. The third-order valence-corrected chi connectivity index (χ3v) is 4.11. The maximum Gasteiger partial charge on any atom is 0.257 e. The van der Waals surface area contributed by atoms with Crippen LogP contribution in [0.5, 0.6) is 17.2 Å². The fourth-order valence-corrected chi connectivity index (χ4v) is 2.76. The minimum absolute atomic E-state index is 0.286. The van der Waals surface area contributed by atoms with Crippen molar-refractivity contribution in [1.82, 2.24) is 4.98 Å². The molecule has 150 valence electrons. The van der Waals surface area contributed by atoms with Gasteiger partial charge >= 0.3 is 0 Å². The normalized spacial score (nSPS) is 10.2. The van der Waals surface area contributed by atoms with E-state index in [2.05, 4.69) is 15.6 Å². The molecule has 2 N–H and O–H groups in total. The monoisotopic (exact) mass is 393 g/mol. The molecule has 2 aromatic carbocycles. The molecule has 0 aliphatic carbocycles. The first kappa shape index (κ1) is 20.0. The van der Waals surface area contributed by atoms with Crippen molar-refractivity contribution in [3.63, 3.8) is 0 Å². The number of methoxy groups -OCH3 is 2. The summed E-state index contributed by atoms with van der Waals surface area (Å²) in [7, 11) is 3.10. The molecule has 3 aromatic rings.